The quantitative estimate of drug-likeness (QED) is 0.0282. The molecule has 0 fully saturated rings. The van der Waals surface area contributed by atoms with Crippen LogP contribution in [-0.2, 0) is 45.7 Å². The largest absolute Gasteiger partial charge is 0.323 e. The highest BCUT2D eigenvalue weighted by molar-refractivity contribution is 6.02. The molecule has 0 saturated carbocycles. The molecule has 498 valence electrons. The third kappa shape index (κ3) is 21.8. The van der Waals surface area contributed by atoms with Crippen LogP contribution in [0.25, 0.3) is 0 Å². The molecule has 0 aliphatic heterocycles. The molecule has 17 nitrogen and oxygen atoms in total. The second-order valence-electron chi connectivity index (χ2n) is 24.1. The molecular weight excluding hydrogens is 1250 g/mol. The van der Waals surface area contributed by atoms with Gasteiger partial charge in [-0.1, -0.05) is 132 Å². The summed E-state index contributed by atoms with van der Waals surface area (Å²) in [7, 11) is 0. The first-order chi connectivity index (χ1) is 48.0. The van der Waals surface area contributed by atoms with Gasteiger partial charge in [-0.15, -0.1) is 0 Å². The molecule has 10 amide bonds. The Labute approximate surface area is 573 Å². The summed E-state index contributed by atoms with van der Waals surface area (Å²) in [6.07, 6.45) is 0.648. The number of nitrogens with zero attached hydrogens (tertiary/aromatic N) is 2. The van der Waals surface area contributed by atoms with E-state index in [1.54, 1.807) is 0 Å². The van der Waals surface area contributed by atoms with Gasteiger partial charge in [0, 0.05) is 96.1 Å². The Morgan fingerprint density at radius 1 is 0.242 bits per heavy atom. The van der Waals surface area contributed by atoms with E-state index in [-0.39, 0.29) is 18.1 Å². The minimum Gasteiger partial charge on any atom is -0.308 e. The van der Waals surface area contributed by atoms with E-state index in [4.69, 9.17) is 0 Å². The second kappa shape index (κ2) is 33.3. The van der Waals surface area contributed by atoms with Crippen molar-refractivity contribution in [2.24, 2.45) is 0 Å². The number of amides is 10. The zero-order valence-corrected chi connectivity index (χ0v) is 54.5. The van der Waals surface area contributed by atoms with E-state index in [1.165, 1.54) is 48.5 Å². The molecule has 0 aromatic heterocycles. The van der Waals surface area contributed by atoms with Crippen LogP contribution in [0.5, 0.6) is 0 Å². The van der Waals surface area contributed by atoms with E-state index in [0.29, 0.717) is 103 Å². The molecule has 0 radical (unpaired) electrons. The lowest BCUT2D eigenvalue weighted by Crippen LogP contribution is -2.23. The molecule has 0 aliphatic rings. The summed E-state index contributed by atoms with van der Waals surface area (Å²) < 4.78 is 26.9. The number of urea groups is 5. The summed E-state index contributed by atoms with van der Waals surface area (Å²) >= 11 is 0. The van der Waals surface area contributed by atoms with Gasteiger partial charge in [-0.25, -0.2) is 32.8 Å². The summed E-state index contributed by atoms with van der Waals surface area (Å²) in [5.41, 5.74) is 16.6. The lowest BCUT2D eigenvalue weighted by Gasteiger charge is -2.23. The van der Waals surface area contributed by atoms with Crippen molar-refractivity contribution in [1.82, 2.24) is 9.80 Å². The third-order valence-corrected chi connectivity index (χ3v) is 15.9. The molecule has 0 heterocycles. The molecule has 19 heteroatoms. The highest BCUT2D eigenvalue weighted by atomic mass is 19.1. The van der Waals surface area contributed by atoms with E-state index < -0.39 is 23.7 Å². The summed E-state index contributed by atoms with van der Waals surface area (Å²) in [6.45, 7) is 7.43. The van der Waals surface area contributed by atoms with Crippen LogP contribution in [0.3, 0.4) is 0 Å². The van der Waals surface area contributed by atoms with Crippen molar-refractivity contribution >= 4 is 87.0 Å². The summed E-state index contributed by atoms with van der Waals surface area (Å²) in [6, 6.07) is 78.9. The van der Waals surface area contributed by atoms with Gasteiger partial charge in [0.2, 0.25) is 0 Å². The Morgan fingerprint density at radius 3 is 0.677 bits per heavy atom. The number of hydrogen-bond acceptors (Lipinski definition) is 7. The Hall–Kier alpha value is -12.5. The summed E-state index contributed by atoms with van der Waals surface area (Å²) in [4.78, 5) is 69.2. The van der Waals surface area contributed by atoms with Crippen LogP contribution in [0.15, 0.2) is 267 Å². The van der Waals surface area contributed by atoms with Crippen LogP contribution in [0.1, 0.15) is 55.6 Å². The number of aryl methyl sites for hydroxylation is 2. The zero-order chi connectivity index (χ0) is 68.9. The minimum atomic E-state index is -0.456. The summed E-state index contributed by atoms with van der Waals surface area (Å²) in [5.74, 6) is -0.795. The van der Waals surface area contributed by atoms with Crippen LogP contribution in [0.2, 0.25) is 0 Å². The van der Waals surface area contributed by atoms with Crippen molar-refractivity contribution in [3.05, 3.63) is 334 Å². The first-order valence-corrected chi connectivity index (χ1v) is 32.2. The van der Waals surface area contributed by atoms with E-state index in [2.05, 4.69) is 87.2 Å². The number of carbonyl (C=O) groups is 5. The molecule has 0 atom stereocenters. The molecule has 11 aromatic rings. The predicted octanol–water partition coefficient (Wildman–Crippen LogP) is 18.8. The predicted molar refractivity (Wildman–Crippen MR) is 392 cm³/mol. The molecule has 99 heavy (non-hydrogen) atoms. The molecule has 10 N–H and O–H groups in total. The van der Waals surface area contributed by atoms with Gasteiger partial charge in [-0.3, -0.25) is 9.80 Å². The zero-order valence-electron chi connectivity index (χ0n) is 54.5. The minimum absolute atomic E-state index is 0.337. The molecule has 0 unspecified atom stereocenters. The van der Waals surface area contributed by atoms with Crippen molar-refractivity contribution in [2.45, 2.75) is 59.5 Å². The number of rotatable bonds is 24. The Bertz CT molecular complexity index is 4300. The molecule has 0 aliphatic carbocycles. The van der Waals surface area contributed by atoms with Gasteiger partial charge in [0.15, 0.2) is 0 Å². The second-order valence-corrected chi connectivity index (χ2v) is 24.1. The SMILES string of the molecule is Cc1ccc(NC(=O)Nc2ccc(CN(Cc3ccc(NC(=O)Nc4ccc(C)cc4)cc3)Cc3ccc(NC(=O)Nc4ccc(Cc5cccc(CN(Cc6ccc(NC(=O)Nc7ccc(F)cc7)cc6)Cc6ccc(NC(=O)Nc7ccc(F)cc7)cc6)c5)cc4)cc3)cc2)cc1. The Kier molecular flexibility index (Phi) is 22.8. The van der Waals surface area contributed by atoms with E-state index in [1.807, 2.05) is 208 Å². The van der Waals surface area contributed by atoms with Crippen molar-refractivity contribution in [1.29, 1.82) is 0 Å². The molecule has 0 bridgehead atoms. The molecule has 0 saturated heterocycles. The molecule has 11 aromatic carbocycles. The smallest absolute Gasteiger partial charge is 0.308 e. The number of nitrogens with one attached hydrogen (secondary N) is 10. The Morgan fingerprint density at radius 2 is 0.434 bits per heavy atom. The van der Waals surface area contributed by atoms with Gasteiger partial charge in [-0.05, 0) is 210 Å². The number of carbonyl (C=O) groups excluding carboxylic acids is 5. The van der Waals surface area contributed by atoms with Crippen LogP contribution in [-0.4, -0.2) is 40.0 Å². The van der Waals surface area contributed by atoms with Crippen LogP contribution in [0, 0.1) is 25.5 Å². The fourth-order valence-corrected chi connectivity index (χ4v) is 10.9. The maximum Gasteiger partial charge on any atom is 0.323 e. The fourth-order valence-electron chi connectivity index (χ4n) is 10.9. The average Bonchev–Trinajstić information content (AvgIpc) is 1.14. The highest BCUT2D eigenvalue weighted by Gasteiger charge is 2.16. The van der Waals surface area contributed by atoms with E-state index in [0.717, 1.165) is 55.6 Å². The summed E-state index contributed by atoms with van der Waals surface area (Å²) in [5, 5.41) is 28.6. The number of benzene rings is 11. The third-order valence-electron chi connectivity index (χ3n) is 15.9. The Balaban J connectivity index is 0.693. The first-order valence-electron chi connectivity index (χ1n) is 32.2. The monoisotopic (exact) mass is 1320 g/mol. The number of halogens is 2. The maximum atomic E-state index is 13.4. The van der Waals surface area contributed by atoms with Gasteiger partial charge in [0.05, 0.1) is 0 Å². The highest BCUT2D eigenvalue weighted by Crippen LogP contribution is 2.25. The van der Waals surface area contributed by atoms with Gasteiger partial charge in [-0.2, -0.15) is 0 Å². The average molecular weight is 1320 g/mol. The maximum absolute atomic E-state index is 13.4. The van der Waals surface area contributed by atoms with Crippen molar-refractivity contribution < 1.29 is 32.8 Å². The van der Waals surface area contributed by atoms with Crippen molar-refractivity contribution in [3.8, 4) is 0 Å². The van der Waals surface area contributed by atoms with Crippen molar-refractivity contribution in [2.75, 3.05) is 53.2 Å². The van der Waals surface area contributed by atoms with Gasteiger partial charge in [0.1, 0.15) is 11.6 Å². The normalized spacial score (nSPS) is 10.9. The lowest BCUT2D eigenvalue weighted by atomic mass is 10.0. The van der Waals surface area contributed by atoms with Crippen LogP contribution in [0.4, 0.5) is 89.6 Å². The molecule has 11 rings (SSSR count). The fraction of sp³-hybridized carbons (Fsp3) is 0.113. The van der Waals surface area contributed by atoms with Crippen LogP contribution >= 0.6 is 0 Å². The number of anilines is 10. The van der Waals surface area contributed by atoms with Gasteiger partial charge in [0.25, 0.3) is 0 Å². The molecular formula is C80H74F2N12O5. The van der Waals surface area contributed by atoms with E-state index >= 15 is 0 Å². The van der Waals surface area contributed by atoms with Crippen LogP contribution < -0.4 is 53.2 Å². The first kappa shape index (κ1) is 68.0. The van der Waals surface area contributed by atoms with E-state index in [9.17, 15) is 32.8 Å². The number of hydrogen-bond donors (Lipinski definition) is 10. The molecule has 0 spiro atoms. The topological polar surface area (TPSA) is 212 Å². The van der Waals surface area contributed by atoms with Gasteiger partial charge < -0.3 is 53.2 Å². The lowest BCUT2D eigenvalue weighted by molar-refractivity contribution is 0.247. The van der Waals surface area contributed by atoms with Crippen molar-refractivity contribution in [3.63, 3.8) is 0 Å². The standard InChI is InChI=1S/C80H74F2N12O5/c1-54-6-26-66(27-7-54)83-76(95)86-69-32-12-57(13-33-69)48-93(49-58-14-34-70(35-15-58)87-77(96)84-67-28-8-55(2)9-29-67)50-59-16-36-71(37-17-59)88-78(97)85-68-30-10-56(11-31-68)46-62-4-3-5-63(47-62)53-94(51-60-18-38-72(39-19-60)89-79(98)91-74-42-22-64(81)23-43-74)52-61-20-40-73(41-21-61)90-80(99)92-75-44-24-65(82)25-45-75/h3-45,47H,46,48-53H2,1-2H3,(H2,83,86,95)(H2,84,87,96)(H2,85,88,97)(H2,89,91,98)(H2,90,92,99). The van der Waals surface area contributed by atoms with Gasteiger partial charge >= 0.3 is 30.2 Å².